The number of carbonyl (C=O) groups is 2. The molecule has 2 aromatic heterocycles. The van der Waals surface area contributed by atoms with Crippen LogP contribution in [-0.4, -0.2) is 63.2 Å². The van der Waals surface area contributed by atoms with Crippen molar-refractivity contribution in [2.75, 3.05) is 6.26 Å². The van der Waals surface area contributed by atoms with Gasteiger partial charge in [0.2, 0.25) is 5.91 Å². The van der Waals surface area contributed by atoms with Gasteiger partial charge in [-0.3, -0.25) is 9.20 Å². The van der Waals surface area contributed by atoms with Crippen molar-refractivity contribution >= 4 is 37.9 Å². The third-order valence-corrected chi connectivity index (χ3v) is 7.23. The van der Waals surface area contributed by atoms with Crippen molar-refractivity contribution in [2.45, 2.75) is 36.9 Å². The number of amides is 1. The van der Waals surface area contributed by atoms with Crippen LogP contribution in [0.5, 0.6) is 0 Å². The van der Waals surface area contributed by atoms with Gasteiger partial charge < -0.3 is 15.1 Å². The predicted molar refractivity (Wildman–Crippen MR) is 95.0 cm³/mol. The number of β-lactam (4-membered cyclic amide) rings is 1. The fraction of sp³-hybridized carbons (Fsp3) is 0.438. The molecule has 1 fully saturated rings. The third kappa shape index (κ3) is 2.68. The molecule has 4 heterocycles. The summed E-state index contributed by atoms with van der Waals surface area (Å²) < 4.78 is 25.2. The second-order valence-corrected chi connectivity index (χ2v) is 9.96. The minimum atomic E-state index is -3.46. The topological polar surface area (TPSA) is 129 Å². The molecule has 0 unspecified atom stereocenters. The SMILES string of the molecule is C[C@@H](O)[C@H]1C(=O)N2C(C(=O)O)=C(Cc3cn4cnc(S(C)(=O)=O)c4s3)C[C@H]12. The molecule has 4 rings (SSSR count). The van der Waals surface area contributed by atoms with Gasteiger partial charge in [0.25, 0.3) is 0 Å². The van der Waals surface area contributed by atoms with Gasteiger partial charge in [-0.2, -0.15) is 0 Å². The largest absolute Gasteiger partial charge is 0.477 e. The van der Waals surface area contributed by atoms with E-state index in [-0.39, 0.29) is 22.7 Å². The molecule has 2 aliphatic rings. The molecule has 2 N–H and O–H groups in total. The normalized spacial score (nSPS) is 23.7. The Morgan fingerprint density at radius 1 is 1.48 bits per heavy atom. The van der Waals surface area contributed by atoms with Crippen molar-refractivity contribution in [1.29, 1.82) is 0 Å². The Bertz CT molecular complexity index is 1110. The predicted octanol–water partition coefficient (Wildman–Crippen LogP) is 0.292. The van der Waals surface area contributed by atoms with Crippen molar-refractivity contribution < 1.29 is 28.2 Å². The molecule has 27 heavy (non-hydrogen) atoms. The van der Waals surface area contributed by atoms with Crippen molar-refractivity contribution in [1.82, 2.24) is 14.3 Å². The maximum atomic E-state index is 12.2. The number of fused-ring (bicyclic) bond motifs is 2. The maximum Gasteiger partial charge on any atom is 0.352 e. The minimum Gasteiger partial charge on any atom is -0.477 e. The number of sulfone groups is 1. The van der Waals surface area contributed by atoms with Crippen molar-refractivity contribution in [3.05, 3.63) is 28.7 Å². The summed E-state index contributed by atoms with van der Waals surface area (Å²) >= 11 is 1.23. The van der Waals surface area contributed by atoms with E-state index >= 15 is 0 Å². The highest BCUT2D eigenvalue weighted by Crippen LogP contribution is 2.45. The number of carbonyl (C=O) groups excluding carboxylic acids is 1. The van der Waals surface area contributed by atoms with Crippen LogP contribution in [0.1, 0.15) is 18.2 Å². The average molecular weight is 411 g/mol. The fourth-order valence-electron chi connectivity index (χ4n) is 3.89. The Kier molecular flexibility index (Phi) is 3.95. The number of carboxylic acid groups (broad SMARTS) is 1. The number of hydrogen-bond acceptors (Lipinski definition) is 7. The molecular weight excluding hydrogens is 394 g/mol. The van der Waals surface area contributed by atoms with Crippen LogP contribution in [0.2, 0.25) is 0 Å². The standard InChI is InChI=1S/C16H17N3O6S2/c1-7(20)11-10-4-8(12(16(22)23)19(10)14(11)21)3-9-5-18-6-17-13(15(18)26-9)27(2,24)25/h5-7,10-11,20H,3-4H2,1-2H3,(H,22,23)/t7-,10-,11-/m1/s1. The van der Waals surface area contributed by atoms with Crippen LogP contribution in [0.25, 0.3) is 4.83 Å². The summed E-state index contributed by atoms with van der Waals surface area (Å²) in [4.78, 5) is 30.4. The molecule has 144 valence electrons. The highest BCUT2D eigenvalue weighted by molar-refractivity contribution is 7.91. The number of rotatable bonds is 5. The Labute approximate surface area is 158 Å². The van der Waals surface area contributed by atoms with Gasteiger partial charge in [-0.05, 0) is 18.9 Å². The van der Waals surface area contributed by atoms with Crippen LogP contribution in [0.3, 0.4) is 0 Å². The molecular formula is C16H17N3O6S2. The van der Waals surface area contributed by atoms with Crippen LogP contribution in [0, 0.1) is 5.92 Å². The molecule has 0 bridgehead atoms. The molecule has 0 aromatic carbocycles. The number of thiazole rings is 1. The smallest absolute Gasteiger partial charge is 0.352 e. The Balaban J connectivity index is 1.68. The molecule has 1 saturated heterocycles. The van der Waals surface area contributed by atoms with Gasteiger partial charge in [0, 0.05) is 23.8 Å². The van der Waals surface area contributed by atoms with Gasteiger partial charge in [0.05, 0.1) is 18.1 Å². The first-order chi connectivity index (χ1) is 12.6. The molecule has 0 aliphatic carbocycles. The monoisotopic (exact) mass is 411 g/mol. The fourth-order valence-corrected chi connectivity index (χ4v) is 6.14. The van der Waals surface area contributed by atoms with E-state index in [1.807, 2.05) is 0 Å². The molecule has 2 aliphatic heterocycles. The summed E-state index contributed by atoms with van der Waals surface area (Å²) in [7, 11) is -3.46. The Morgan fingerprint density at radius 3 is 2.78 bits per heavy atom. The highest BCUT2D eigenvalue weighted by atomic mass is 32.2. The van der Waals surface area contributed by atoms with E-state index in [2.05, 4.69) is 4.98 Å². The number of aliphatic carboxylic acids is 1. The number of nitrogens with zero attached hydrogens (tertiary/aromatic N) is 3. The summed E-state index contributed by atoms with van der Waals surface area (Å²) in [5.74, 6) is -2.13. The van der Waals surface area contributed by atoms with Crippen molar-refractivity contribution in [3.63, 3.8) is 0 Å². The number of aliphatic hydroxyl groups is 1. The van der Waals surface area contributed by atoms with E-state index in [0.717, 1.165) is 11.1 Å². The van der Waals surface area contributed by atoms with E-state index in [9.17, 15) is 28.2 Å². The van der Waals surface area contributed by atoms with Crippen LogP contribution >= 0.6 is 11.3 Å². The molecule has 9 nitrogen and oxygen atoms in total. The maximum absolute atomic E-state index is 12.2. The van der Waals surface area contributed by atoms with Gasteiger partial charge in [-0.15, -0.1) is 11.3 Å². The first-order valence-corrected chi connectivity index (χ1v) is 10.9. The molecule has 0 radical (unpaired) electrons. The number of aromatic nitrogens is 2. The van der Waals surface area contributed by atoms with Crippen molar-refractivity contribution in [3.8, 4) is 0 Å². The van der Waals surface area contributed by atoms with E-state index in [0.29, 0.717) is 23.2 Å². The van der Waals surface area contributed by atoms with Crippen LogP contribution in [0.4, 0.5) is 0 Å². The zero-order chi connectivity index (χ0) is 19.7. The van der Waals surface area contributed by atoms with E-state index in [1.54, 1.807) is 10.6 Å². The second-order valence-electron chi connectivity index (χ2n) is 6.91. The summed E-state index contributed by atoms with van der Waals surface area (Å²) in [6.45, 7) is 1.53. The molecule has 2 aromatic rings. The van der Waals surface area contributed by atoms with Crippen molar-refractivity contribution in [2.24, 2.45) is 5.92 Å². The summed E-state index contributed by atoms with van der Waals surface area (Å²) in [5.41, 5.74) is 0.573. The van der Waals surface area contributed by atoms with E-state index < -0.39 is 27.8 Å². The lowest BCUT2D eigenvalue weighted by molar-refractivity contribution is -0.161. The van der Waals surface area contributed by atoms with E-state index in [1.165, 1.54) is 29.5 Å². The molecule has 1 amide bonds. The lowest BCUT2D eigenvalue weighted by atomic mass is 9.83. The van der Waals surface area contributed by atoms with Gasteiger partial charge in [0.1, 0.15) is 16.9 Å². The zero-order valence-corrected chi connectivity index (χ0v) is 16.1. The lowest BCUT2D eigenvalue weighted by Crippen LogP contribution is -2.61. The zero-order valence-electron chi connectivity index (χ0n) is 14.5. The highest BCUT2D eigenvalue weighted by Gasteiger charge is 2.56. The lowest BCUT2D eigenvalue weighted by Gasteiger charge is -2.44. The number of hydrogen-bond donors (Lipinski definition) is 2. The second kappa shape index (κ2) is 5.88. The Hall–Kier alpha value is -2.24. The first-order valence-electron chi connectivity index (χ1n) is 8.21. The van der Waals surface area contributed by atoms with Gasteiger partial charge in [-0.25, -0.2) is 18.2 Å². The van der Waals surface area contributed by atoms with E-state index in [4.69, 9.17) is 0 Å². The summed E-state index contributed by atoms with van der Waals surface area (Å²) in [6.07, 6.45) is 4.06. The molecule has 11 heteroatoms. The number of imidazole rings is 1. The van der Waals surface area contributed by atoms with Crippen LogP contribution in [-0.2, 0) is 25.8 Å². The third-order valence-electron chi connectivity index (χ3n) is 4.99. The average Bonchev–Trinajstić information content (AvgIpc) is 3.16. The molecule has 0 saturated carbocycles. The van der Waals surface area contributed by atoms with Gasteiger partial charge >= 0.3 is 5.97 Å². The molecule has 0 spiro atoms. The first kappa shape index (κ1) is 18.1. The summed E-state index contributed by atoms with van der Waals surface area (Å²) in [5, 5.41) is 19.3. The van der Waals surface area contributed by atoms with Gasteiger partial charge in [-0.1, -0.05) is 0 Å². The quantitative estimate of drug-likeness (QED) is 0.677. The number of carboxylic acids is 1. The van der Waals surface area contributed by atoms with Crippen LogP contribution < -0.4 is 0 Å². The minimum absolute atomic E-state index is 0.00854. The van der Waals surface area contributed by atoms with Gasteiger partial charge in [0.15, 0.2) is 14.9 Å². The van der Waals surface area contributed by atoms with Crippen LogP contribution in [0.15, 0.2) is 28.8 Å². The number of aliphatic hydroxyl groups excluding tert-OH is 1. The Morgan fingerprint density at radius 2 is 2.19 bits per heavy atom. The summed E-state index contributed by atoms with van der Waals surface area (Å²) in [6, 6.07) is -0.335. The molecule has 3 atom stereocenters.